The molecular formula is C22H27NO5. The molecule has 0 aliphatic heterocycles. The molecule has 0 saturated carbocycles. The van der Waals surface area contributed by atoms with Gasteiger partial charge in [-0.25, -0.2) is 0 Å². The number of amides is 1. The molecule has 0 atom stereocenters. The number of carbonyl (C=O) groups excluding carboxylic acids is 2. The first-order chi connectivity index (χ1) is 13.5. The summed E-state index contributed by atoms with van der Waals surface area (Å²) < 4.78 is 15.7. The second-order valence-electron chi connectivity index (χ2n) is 6.30. The highest BCUT2D eigenvalue weighted by atomic mass is 16.5. The van der Waals surface area contributed by atoms with Crippen molar-refractivity contribution in [1.82, 2.24) is 0 Å². The van der Waals surface area contributed by atoms with Gasteiger partial charge >= 0.3 is 5.97 Å². The molecule has 0 unspecified atom stereocenters. The molecule has 2 aromatic rings. The van der Waals surface area contributed by atoms with Crippen molar-refractivity contribution in [2.45, 2.75) is 33.1 Å². The fourth-order valence-electron chi connectivity index (χ4n) is 2.67. The van der Waals surface area contributed by atoms with Gasteiger partial charge in [-0.15, -0.1) is 0 Å². The molecule has 1 amide bonds. The highest BCUT2D eigenvalue weighted by molar-refractivity contribution is 5.94. The van der Waals surface area contributed by atoms with E-state index in [0.29, 0.717) is 18.8 Å². The van der Waals surface area contributed by atoms with E-state index in [1.165, 1.54) is 0 Å². The van der Waals surface area contributed by atoms with Crippen LogP contribution in [0, 0.1) is 6.92 Å². The maximum absolute atomic E-state index is 12.1. The summed E-state index contributed by atoms with van der Waals surface area (Å²) in [7, 11) is 1.60. The van der Waals surface area contributed by atoms with Crippen molar-refractivity contribution < 1.29 is 23.8 Å². The predicted octanol–water partition coefficient (Wildman–Crippen LogP) is 3.91. The third kappa shape index (κ3) is 6.61. The first-order valence-corrected chi connectivity index (χ1v) is 9.34. The average Bonchev–Trinajstić information content (AvgIpc) is 2.71. The number of anilines is 1. The number of rotatable bonds is 10. The summed E-state index contributed by atoms with van der Waals surface area (Å²) in [5.74, 6) is 0.699. The first-order valence-electron chi connectivity index (χ1n) is 9.34. The lowest BCUT2D eigenvalue weighted by atomic mass is 10.1. The molecule has 0 bridgehead atoms. The minimum Gasteiger partial charge on any atom is -0.497 e. The van der Waals surface area contributed by atoms with Crippen LogP contribution in [0.5, 0.6) is 11.5 Å². The van der Waals surface area contributed by atoms with E-state index in [2.05, 4.69) is 5.32 Å². The minimum atomic E-state index is -0.422. The third-order valence-electron chi connectivity index (χ3n) is 4.22. The minimum absolute atomic E-state index is 0.189. The molecule has 28 heavy (non-hydrogen) atoms. The normalized spacial score (nSPS) is 10.2. The van der Waals surface area contributed by atoms with Crippen LogP contribution in [0.1, 0.15) is 30.9 Å². The van der Waals surface area contributed by atoms with Gasteiger partial charge in [-0.3, -0.25) is 9.59 Å². The molecule has 0 spiro atoms. The van der Waals surface area contributed by atoms with Crippen molar-refractivity contribution in [3.8, 4) is 11.5 Å². The van der Waals surface area contributed by atoms with Gasteiger partial charge in [0, 0.05) is 12.1 Å². The lowest BCUT2D eigenvalue weighted by molar-refractivity contribution is -0.147. The van der Waals surface area contributed by atoms with Crippen LogP contribution < -0.4 is 14.8 Å². The summed E-state index contributed by atoms with van der Waals surface area (Å²) in [5.41, 5.74) is 2.82. The van der Waals surface area contributed by atoms with Crippen molar-refractivity contribution in [3.63, 3.8) is 0 Å². The average molecular weight is 385 g/mol. The monoisotopic (exact) mass is 385 g/mol. The second-order valence-corrected chi connectivity index (χ2v) is 6.30. The van der Waals surface area contributed by atoms with Crippen LogP contribution in [0.25, 0.3) is 0 Å². The number of methoxy groups -OCH3 is 1. The van der Waals surface area contributed by atoms with Crippen molar-refractivity contribution in [2.75, 3.05) is 25.6 Å². The smallest absolute Gasteiger partial charge is 0.306 e. The number of hydrogen-bond donors (Lipinski definition) is 1. The Kier molecular flexibility index (Phi) is 8.34. The maximum atomic E-state index is 12.1. The Morgan fingerprint density at radius 1 is 1.04 bits per heavy atom. The number of para-hydroxylation sites is 1. The van der Waals surface area contributed by atoms with Crippen LogP contribution in [0.15, 0.2) is 42.5 Å². The van der Waals surface area contributed by atoms with E-state index in [9.17, 15) is 9.59 Å². The molecule has 0 fully saturated rings. The highest BCUT2D eigenvalue weighted by Gasteiger charge is 2.11. The fraction of sp³-hybridized carbons (Fsp3) is 0.364. The van der Waals surface area contributed by atoms with Crippen molar-refractivity contribution >= 4 is 17.6 Å². The third-order valence-corrected chi connectivity index (χ3v) is 4.22. The molecular weight excluding hydrogens is 358 g/mol. The zero-order chi connectivity index (χ0) is 20.4. The second kappa shape index (κ2) is 11.0. The van der Waals surface area contributed by atoms with E-state index in [4.69, 9.17) is 14.2 Å². The van der Waals surface area contributed by atoms with Gasteiger partial charge < -0.3 is 19.5 Å². The molecule has 0 aliphatic carbocycles. The van der Waals surface area contributed by atoms with Crippen molar-refractivity contribution in [2.24, 2.45) is 0 Å². The quantitative estimate of drug-likeness (QED) is 0.496. The summed E-state index contributed by atoms with van der Waals surface area (Å²) in [6.07, 6.45) is 1.50. The molecule has 1 N–H and O–H groups in total. The summed E-state index contributed by atoms with van der Waals surface area (Å²) in [6.45, 7) is 4.05. The molecule has 150 valence electrons. The Bertz CT molecular complexity index is 786. The Morgan fingerprint density at radius 2 is 1.75 bits per heavy atom. The molecule has 2 aromatic carbocycles. The van der Waals surface area contributed by atoms with E-state index < -0.39 is 5.97 Å². The number of esters is 1. The largest absolute Gasteiger partial charge is 0.497 e. The van der Waals surface area contributed by atoms with Gasteiger partial charge in [0.15, 0.2) is 6.61 Å². The fourth-order valence-corrected chi connectivity index (χ4v) is 2.67. The van der Waals surface area contributed by atoms with Crippen LogP contribution in [0.2, 0.25) is 0 Å². The predicted molar refractivity (Wildman–Crippen MR) is 108 cm³/mol. The van der Waals surface area contributed by atoms with Crippen LogP contribution >= 0.6 is 0 Å². The molecule has 0 radical (unpaired) electrons. The van der Waals surface area contributed by atoms with Gasteiger partial charge in [-0.2, -0.15) is 0 Å². The number of ether oxygens (including phenoxy) is 3. The van der Waals surface area contributed by atoms with Gasteiger partial charge in [0.2, 0.25) is 0 Å². The topological polar surface area (TPSA) is 73.9 Å². The van der Waals surface area contributed by atoms with E-state index in [1.54, 1.807) is 31.4 Å². The summed E-state index contributed by atoms with van der Waals surface area (Å²) in [4.78, 5) is 23.9. The summed E-state index contributed by atoms with van der Waals surface area (Å²) in [6, 6.07) is 13.1. The molecule has 2 rings (SSSR count). The SMILES string of the molecule is CCc1cccc(C)c1NC(=O)COC(=O)CCCOc1ccc(OC)cc1. The summed E-state index contributed by atoms with van der Waals surface area (Å²) >= 11 is 0. The lowest BCUT2D eigenvalue weighted by Gasteiger charge is -2.13. The Labute approximate surface area is 165 Å². The van der Waals surface area contributed by atoms with Gasteiger partial charge in [-0.1, -0.05) is 25.1 Å². The van der Waals surface area contributed by atoms with Crippen molar-refractivity contribution in [3.05, 3.63) is 53.6 Å². The highest BCUT2D eigenvalue weighted by Crippen LogP contribution is 2.21. The van der Waals surface area contributed by atoms with E-state index in [1.807, 2.05) is 32.0 Å². The summed E-state index contributed by atoms with van der Waals surface area (Å²) in [5, 5.41) is 2.83. The molecule has 0 aliphatic rings. The number of nitrogens with one attached hydrogen (secondary N) is 1. The first kappa shape index (κ1) is 21.3. The van der Waals surface area contributed by atoms with E-state index >= 15 is 0 Å². The Hall–Kier alpha value is -3.02. The molecule has 0 heterocycles. The number of aryl methyl sites for hydroxylation is 2. The van der Waals surface area contributed by atoms with Crippen LogP contribution in [-0.4, -0.2) is 32.2 Å². The molecule has 6 nitrogen and oxygen atoms in total. The van der Waals surface area contributed by atoms with Gasteiger partial charge in [0.25, 0.3) is 5.91 Å². The number of carbonyl (C=O) groups is 2. The number of benzene rings is 2. The zero-order valence-corrected chi connectivity index (χ0v) is 16.6. The Balaban J connectivity index is 1.67. The van der Waals surface area contributed by atoms with Crippen LogP contribution in [-0.2, 0) is 20.7 Å². The molecule has 0 saturated heterocycles. The van der Waals surface area contributed by atoms with Gasteiger partial charge in [-0.05, 0) is 55.2 Å². The van der Waals surface area contributed by atoms with Crippen LogP contribution in [0.3, 0.4) is 0 Å². The standard InChI is InChI=1S/C22H27NO5/c1-4-17-8-5-7-16(2)22(17)23-20(24)15-28-21(25)9-6-14-27-19-12-10-18(26-3)11-13-19/h5,7-8,10-13H,4,6,9,14-15H2,1-3H3,(H,23,24). The Morgan fingerprint density at radius 3 is 2.43 bits per heavy atom. The van der Waals surface area contributed by atoms with E-state index in [0.717, 1.165) is 29.0 Å². The maximum Gasteiger partial charge on any atom is 0.306 e. The molecule has 0 aromatic heterocycles. The van der Waals surface area contributed by atoms with Crippen molar-refractivity contribution in [1.29, 1.82) is 0 Å². The van der Waals surface area contributed by atoms with Gasteiger partial charge in [0.05, 0.1) is 13.7 Å². The van der Waals surface area contributed by atoms with Crippen LogP contribution in [0.4, 0.5) is 5.69 Å². The van der Waals surface area contributed by atoms with Gasteiger partial charge in [0.1, 0.15) is 11.5 Å². The zero-order valence-electron chi connectivity index (χ0n) is 16.6. The lowest BCUT2D eigenvalue weighted by Crippen LogP contribution is -2.22. The number of hydrogen-bond acceptors (Lipinski definition) is 5. The molecule has 6 heteroatoms. The van der Waals surface area contributed by atoms with E-state index in [-0.39, 0.29) is 18.9 Å².